The summed E-state index contributed by atoms with van der Waals surface area (Å²) in [6.45, 7) is 4.16. The zero-order valence-corrected chi connectivity index (χ0v) is 16.1. The quantitative estimate of drug-likeness (QED) is 0.282. The van der Waals surface area contributed by atoms with Crippen LogP contribution < -0.4 is 14.2 Å². The van der Waals surface area contributed by atoms with Crippen LogP contribution in [0.1, 0.15) is 29.4 Å². The number of ether oxygens (including phenoxy) is 5. The third-order valence-electron chi connectivity index (χ3n) is 4.60. The molecule has 0 bridgehead atoms. The summed E-state index contributed by atoms with van der Waals surface area (Å²) in [6.07, 6.45) is 2.47. The summed E-state index contributed by atoms with van der Waals surface area (Å²) in [7, 11) is 3.12. The molecule has 6 heteroatoms. The van der Waals surface area contributed by atoms with Crippen molar-refractivity contribution in [2.24, 2.45) is 0 Å². The Labute approximate surface area is 164 Å². The van der Waals surface area contributed by atoms with Crippen LogP contribution in [-0.2, 0) is 14.3 Å². The van der Waals surface area contributed by atoms with Crippen molar-refractivity contribution >= 4 is 5.97 Å². The number of carbonyl (C=O) groups is 1. The van der Waals surface area contributed by atoms with Crippen molar-refractivity contribution in [3.05, 3.63) is 66.2 Å². The van der Waals surface area contributed by atoms with E-state index in [1.165, 1.54) is 0 Å². The fourth-order valence-electron chi connectivity index (χ4n) is 3.35. The predicted molar refractivity (Wildman–Crippen MR) is 104 cm³/mol. The summed E-state index contributed by atoms with van der Waals surface area (Å²) in [5, 5.41) is 0. The lowest BCUT2D eigenvalue weighted by Gasteiger charge is -2.32. The molecule has 2 aromatic rings. The molecule has 3 rings (SSSR count). The SMILES string of the molecule is C=CCC1c2ccc(OCOC)cc2OC(=O)C1c1ccc(OCOC)cc1. The zero-order chi connectivity index (χ0) is 19.9. The van der Waals surface area contributed by atoms with Crippen LogP contribution in [0.5, 0.6) is 17.2 Å². The first-order chi connectivity index (χ1) is 13.7. The molecular formula is C22H24O6. The molecule has 2 unspecified atom stereocenters. The molecule has 0 radical (unpaired) electrons. The molecule has 0 fully saturated rings. The number of fused-ring (bicyclic) bond motifs is 1. The number of benzene rings is 2. The van der Waals surface area contributed by atoms with E-state index in [4.69, 9.17) is 23.7 Å². The summed E-state index contributed by atoms with van der Waals surface area (Å²) in [4.78, 5) is 12.9. The zero-order valence-electron chi connectivity index (χ0n) is 16.1. The van der Waals surface area contributed by atoms with Gasteiger partial charge in [-0.25, -0.2) is 0 Å². The fraction of sp³-hybridized carbons (Fsp3) is 0.318. The lowest BCUT2D eigenvalue weighted by atomic mass is 9.77. The number of hydrogen-bond acceptors (Lipinski definition) is 6. The first-order valence-electron chi connectivity index (χ1n) is 8.98. The minimum absolute atomic E-state index is 0.0732. The largest absolute Gasteiger partial charge is 0.468 e. The normalized spacial score (nSPS) is 18.1. The molecular weight excluding hydrogens is 360 g/mol. The number of rotatable bonds is 9. The van der Waals surface area contributed by atoms with E-state index in [1.807, 2.05) is 42.5 Å². The van der Waals surface area contributed by atoms with E-state index >= 15 is 0 Å². The van der Waals surface area contributed by atoms with E-state index in [1.54, 1.807) is 20.3 Å². The number of hydrogen-bond donors (Lipinski definition) is 0. The lowest BCUT2D eigenvalue weighted by Crippen LogP contribution is -2.30. The first-order valence-corrected chi connectivity index (χ1v) is 8.98. The van der Waals surface area contributed by atoms with E-state index < -0.39 is 5.92 Å². The fourth-order valence-corrected chi connectivity index (χ4v) is 3.35. The van der Waals surface area contributed by atoms with Gasteiger partial charge in [-0.15, -0.1) is 6.58 Å². The van der Waals surface area contributed by atoms with Crippen LogP contribution in [0.2, 0.25) is 0 Å². The van der Waals surface area contributed by atoms with Gasteiger partial charge in [0.2, 0.25) is 0 Å². The molecule has 1 heterocycles. The van der Waals surface area contributed by atoms with Gasteiger partial charge < -0.3 is 23.7 Å². The predicted octanol–water partition coefficient (Wildman–Crippen LogP) is 4.01. The number of methoxy groups -OCH3 is 2. The Morgan fingerprint density at radius 3 is 2.29 bits per heavy atom. The van der Waals surface area contributed by atoms with Crippen LogP contribution in [0.3, 0.4) is 0 Å². The topological polar surface area (TPSA) is 63.2 Å². The molecule has 2 aromatic carbocycles. The summed E-state index contributed by atoms with van der Waals surface area (Å²) >= 11 is 0. The maximum Gasteiger partial charge on any atom is 0.319 e. The van der Waals surface area contributed by atoms with Gasteiger partial charge in [0.25, 0.3) is 0 Å². The molecule has 6 nitrogen and oxygen atoms in total. The average Bonchev–Trinajstić information content (AvgIpc) is 2.71. The van der Waals surface area contributed by atoms with Crippen molar-refractivity contribution in [2.45, 2.75) is 18.3 Å². The Hall–Kier alpha value is -2.83. The van der Waals surface area contributed by atoms with E-state index in [0.29, 0.717) is 23.7 Å². The summed E-state index contributed by atoms with van der Waals surface area (Å²) < 4.78 is 26.3. The maximum absolute atomic E-state index is 12.9. The highest BCUT2D eigenvalue weighted by molar-refractivity contribution is 5.84. The minimum Gasteiger partial charge on any atom is -0.468 e. The lowest BCUT2D eigenvalue weighted by molar-refractivity contribution is -0.138. The molecule has 0 saturated carbocycles. The highest BCUT2D eigenvalue weighted by Gasteiger charge is 2.38. The molecule has 0 spiro atoms. The van der Waals surface area contributed by atoms with Crippen molar-refractivity contribution < 1.29 is 28.5 Å². The molecule has 148 valence electrons. The average molecular weight is 384 g/mol. The summed E-state index contributed by atoms with van der Waals surface area (Å²) in [6, 6.07) is 12.9. The minimum atomic E-state index is -0.423. The Bertz CT molecular complexity index is 814. The Kier molecular flexibility index (Phi) is 6.68. The highest BCUT2D eigenvalue weighted by atomic mass is 16.7. The van der Waals surface area contributed by atoms with Gasteiger partial charge in [-0.1, -0.05) is 24.3 Å². The summed E-state index contributed by atoms with van der Waals surface area (Å²) in [5.41, 5.74) is 1.82. The molecule has 0 aromatic heterocycles. The van der Waals surface area contributed by atoms with Gasteiger partial charge >= 0.3 is 5.97 Å². The molecule has 0 N–H and O–H groups in total. The van der Waals surface area contributed by atoms with Crippen LogP contribution in [0, 0.1) is 0 Å². The van der Waals surface area contributed by atoms with Crippen molar-refractivity contribution in [3.63, 3.8) is 0 Å². The molecule has 0 aliphatic carbocycles. The van der Waals surface area contributed by atoms with Crippen LogP contribution in [0.4, 0.5) is 0 Å². The van der Waals surface area contributed by atoms with E-state index in [9.17, 15) is 4.79 Å². The second-order valence-electron chi connectivity index (χ2n) is 6.40. The molecule has 2 atom stereocenters. The van der Waals surface area contributed by atoms with Crippen LogP contribution >= 0.6 is 0 Å². The van der Waals surface area contributed by atoms with Gasteiger partial charge in [0.1, 0.15) is 17.2 Å². The Balaban J connectivity index is 1.90. The monoisotopic (exact) mass is 384 g/mol. The van der Waals surface area contributed by atoms with Gasteiger partial charge in [0.05, 0.1) is 5.92 Å². The van der Waals surface area contributed by atoms with Crippen molar-refractivity contribution in [1.29, 1.82) is 0 Å². The third kappa shape index (κ3) is 4.35. The van der Waals surface area contributed by atoms with E-state index in [0.717, 1.165) is 11.1 Å². The maximum atomic E-state index is 12.9. The van der Waals surface area contributed by atoms with Gasteiger partial charge in [-0.05, 0) is 35.7 Å². The summed E-state index contributed by atoms with van der Waals surface area (Å²) in [5.74, 6) is 0.985. The third-order valence-corrected chi connectivity index (χ3v) is 4.60. The van der Waals surface area contributed by atoms with Crippen LogP contribution in [0.25, 0.3) is 0 Å². The van der Waals surface area contributed by atoms with Gasteiger partial charge in [-0.2, -0.15) is 0 Å². The van der Waals surface area contributed by atoms with Gasteiger partial charge in [0.15, 0.2) is 13.6 Å². The second-order valence-corrected chi connectivity index (χ2v) is 6.40. The second kappa shape index (κ2) is 9.39. The first kappa shape index (κ1) is 19.9. The van der Waals surface area contributed by atoms with Crippen molar-refractivity contribution in [3.8, 4) is 17.2 Å². The smallest absolute Gasteiger partial charge is 0.319 e. The molecule has 1 aliphatic rings. The Morgan fingerprint density at radius 2 is 1.64 bits per heavy atom. The van der Waals surface area contributed by atoms with Crippen LogP contribution in [-0.4, -0.2) is 33.8 Å². The van der Waals surface area contributed by atoms with Gasteiger partial charge in [-0.3, -0.25) is 4.79 Å². The van der Waals surface area contributed by atoms with Gasteiger partial charge in [0, 0.05) is 26.2 Å². The van der Waals surface area contributed by atoms with Crippen molar-refractivity contribution in [2.75, 3.05) is 27.8 Å². The van der Waals surface area contributed by atoms with E-state index in [2.05, 4.69) is 6.58 Å². The van der Waals surface area contributed by atoms with Crippen LogP contribution in [0.15, 0.2) is 55.1 Å². The number of carbonyl (C=O) groups excluding carboxylic acids is 1. The Morgan fingerprint density at radius 1 is 1.00 bits per heavy atom. The molecule has 1 aliphatic heterocycles. The highest BCUT2D eigenvalue weighted by Crippen LogP contribution is 2.46. The number of esters is 1. The van der Waals surface area contributed by atoms with Crippen molar-refractivity contribution in [1.82, 2.24) is 0 Å². The molecule has 0 saturated heterocycles. The standard InChI is InChI=1S/C22H24O6/c1-4-5-19-18-11-10-17(27-14-25-3)12-20(18)28-22(23)21(19)15-6-8-16(9-7-15)26-13-24-2/h4,6-12,19,21H,1,5,13-14H2,2-3H3. The number of allylic oxidation sites excluding steroid dienone is 1. The molecule has 0 amide bonds. The molecule has 28 heavy (non-hydrogen) atoms. The van der Waals surface area contributed by atoms with E-state index in [-0.39, 0.29) is 25.5 Å².